The summed E-state index contributed by atoms with van der Waals surface area (Å²) in [4.78, 5) is 26.9. The van der Waals surface area contributed by atoms with Crippen molar-refractivity contribution in [3.63, 3.8) is 0 Å². The van der Waals surface area contributed by atoms with Crippen LogP contribution in [0, 0.1) is 18.8 Å². The van der Waals surface area contributed by atoms with Gasteiger partial charge in [0.2, 0.25) is 11.9 Å². The Morgan fingerprint density at radius 2 is 2.00 bits per heavy atom. The number of alkyl halides is 3. The molecular weight excluding hydrogens is 411 g/mol. The van der Waals surface area contributed by atoms with Crippen molar-refractivity contribution < 1.29 is 18.0 Å². The van der Waals surface area contributed by atoms with Gasteiger partial charge in [-0.05, 0) is 31.6 Å². The van der Waals surface area contributed by atoms with Crippen LogP contribution in [-0.4, -0.2) is 44.6 Å². The fourth-order valence-electron chi connectivity index (χ4n) is 4.37. The van der Waals surface area contributed by atoms with Crippen LogP contribution in [0.2, 0.25) is 0 Å². The summed E-state index contributed by atoms with van der Waals surface area (Å²) in [5.74, 6) is 1.50. The van der Waals surface area contributed by atoms with Gasteiger partial charge in [0.1, 0.15) is 11.7 Å². The number of halogens is 3. The van der Waals surface area contributed by atoms with Gasteiger partial charge < -0.3 is 20.1 Å². The van der Waals surface area contributed by atoms with E-state index < -0.39 is 11.9 Å². The number of imidazole rings is 1. The summed E-state index contributed by atoms with van der Waals surface area (Å²) in [5.41, 5.74) is 0.446. The summed E-state index contributed by atoms with van der Waals surface area (Å²) in [6.07, 6.45) is -0.529. The topological polar surface area (TPSA) is 88.0 Å². The van der Waals surface area contributed by atoms with Gasteiger partial charge in [-0.15, -0.1) is 0 Å². The number of rotatable bonds is 5. The van der Waals surface area contributed by atoms with Crippen molar-refractivity contribution in [2.75, 3.05) is 22.6 Å². The van der Waals surface area contributed by atoms with Crippen molar-refractivity contribution in [3.05, 3.63) is 23.9 Å². The van der Waals surface area contributed by atoms with Crippen LogP contribution in [0.15, 0.2) is 12.5 Å². The van der Waals surface area contributed by atoms with Crippen LogP contribution in [0.25, 0.3) is 0 Å². The normalized spacial score (nSPS) is 23.4. The fourth-order valence-corrected chi connectivity index (χ4v) is 4.37. The van der Waals surface area contributed by atoms with Crippen LogP contribution < -0.4 is 15.5 Å². The SMILES string of the molecule is Cc1nc(NC2CC(Cn3cnc(C(F)(F)F)c3)C2)nc2c1NC(=O)[C@H](C(C)C)N2C. The molecule has 0 unspecified atom stereocenters. The number of nitrogens with zero attached hydrogens (tertiary/aromatic N) is 5. The smallest absolute Gasteiger partial charge is 0.351 e. The highest BCUT2D eigenvalue weighted by atomic mass is 19.4. The van der Waals surface area contributed by atoms with Crippen LogP contribution in [0.4, 0.5) is 30.6 Å². The second kappa shape index (κ2) is 7.69. The number of hydrogen-bond acceptors (Lipinski definition) is 6. The Morgan fingerprint density at radius 1 is 1.29 bits per heavy atom. The van der Waals surface area contributed by atoms with Crippen molar-refractivity contribution in [1.82, 2.24) is 19.5 Å². The van der Waals surface area contributed by atoms with E-state index in [-0.39, 0.29) is 29.8 Å². The molecule has 3 heterocycles. The number of carbonyl (C=O) groups is 1. The van der Waals surface area contributed by atoms with Gasteiger partial charge in [-0.2, -0.15) is 18.2 Å². The standard InChI is InChI=1S/C20H26F3N7O/c1-10(2)16-18(31)27-15-11(3)25-19(28-17(15)29(16)4)26-13-5-12(6-13)7-30-8-14(24-9-30)20(21,22)23/h8-10,12-13,16H,5-7H2,1-4H3,(H,27,31)(H,25,26,28)/t12?,13?,16-/m0/s1. The van der Waals surface area contributed by atoms with E-state index in [9.17, 15) is 18.0 Å². The Balaban J connectivity index is 1.39. The Kier molecular flexibility index (Phi) is 5.30. The minimum absolute atomic E-state index is 0.0626. The molecule has 1 amide bonds. The van der Waals surface area contributed by atoms with Crippen molar-refractivity contribution in [2.45, 2.75) is 58.4 Å². The molecule has 31 heavy (non-hydrogen) atoms. The fraction of sp³-hybridized carbons (Fsp3) is 0.600. The molecule has 1 aliphatic heterocycles. The predicted octanol–water partition coefficient (Wildman–Crippen LogP) is 3.30. The van der Waals surface area contributed by atoms with Gasteiger partial charge in [-0.1, -0.05) is 13.8 Å². The first-order chi connectivity index (χ1) is 14.5. The summed E-state index contributed by atoms with van der Waals surface area (Å²) >= 11 is 0. The monoisotopic (exact) mass is 437 g/mol. The zero-order valence-electron chi connectivity index (χ0n) is 17.9. The van der Waals surface area contributed by atoms with Gasteiger partial charge >= 0.3 is 6.18 Å². The minimum atomic E-state index is -4.42. The van der Waals surface area contributed by atoms with E-state index in [2.05, 4.69) is 25.6 Å². The maximum absolute atomic E-state index is 12.7. The number of hydrogen-bond donors (Lipinski definition) is 2. The van der Waals surface area contributed by atoms with Gasteiger partial charge in [0.05, 0.1) is 12.0 Å². The molecule has 2 aliphatic rings. The molecule has 1 fully saturated rings. The molecular formula is C20H26F3N7O. The van der Waals surface area contributed by atoms with Crippen LogP contribution in [0.1, 0.15) is 38.1 Å². The quantitative estimate of drug-likeness (QED) is 0.746. The largest absolute Gasteiger partial charge is 0.434 e. The molecule has 2 N–H and O–H groups in total. The third kappa shape index (κ3) is 4.17. The molecule has 0 aromatic carbocycles. The molecule has 168 valence electrons. The minimum Gasteiger partial charge on any atom is -0.351 e. The van der Waals surface area contributed by atoms with Crippen LogP contribution in [-0.2, 0) is 17.5 Å². The predicted molar refractivity (Wildman–Crippen MR) is 110 cm³/mol. The molecule has 1 aliphatic carbocycles. The van der Waals surface area contributed by atoms with E-state index in [4.69, 9.17) is 0 Å². The molecule has 2 aromatic rings. The molecule has 1 saturated carbocycles. The van der Waals surface area contributed by atoms with Gasteiger partial charge in [0.15, 0.2) is 11.5 Å². The maximum Gasteiger partial charge on any atom is 0.434 e. The van der Waals surface area contributed by atoms with E-state index in [1.807, 2.05) is 32.7 Å². The number of amides is 1. The number of fused-ring (bicyclic) bond motifs is 1. The van der Waals surface area contributed by atoms with Crippen molar-refractivity contribution >= 4 is 23.4 Å². The molecule has 4 rings (SSSR count). The van der Waals surface area contributed by atoms with Crippen LogP contribution in [0.5, 0.6) is 0 Å². The second-order valence-corrected chi connectivity index (χ2v) is 8.75. The van der Waals surface area contributed by atoms with Gasteiger partial charge in [0.25, 0.3) is 0 Å². The lowest BCUT2D eigenvalue weighted by molar-refractivity contribution is -0.141. The lowest BCUT2D eigenvalue weighted by Crippen LogP contribution is -2.50. The highest BCUT2D eigenvalue weighted by molar-refractivity contribution is 6.03. The lowest BCUT2D eigenvalue weighted by Gasteiger charge is -2.38. The maximum atomic E-state index is 12.7. The molecule has 0 bridgehead atoms. The van der Waals surface area contributed by atoms with Crippen LogP contribution >= 0.6 is 0 Å². The first-order valence-corrected chi connectivity index (χ1v) is 10.3. The lowest BCUT2D eigenvalue weighted by atomic mass is 9.80. The van der Waals surface area contributed by atoms with Gasteiger partial charge in [-0.25, -0.2) is 9.97 Å². The van der Waals surface area contributed by atoms with Crippen LogP contribution in [0.3, 0.4) is 0 Å². The molecule has 0 saturated heterocycles. The molecule has 0 spiro atoms. The van der Waals surface area contributed by atoms with Gasteiger partial charge in [-0.3, -0.25) is 4.79 Å². The summed E-state index contributed by atoms with van der Waals surface area (Å²) in [5, 5.41) is 6.25. The molecule has 0 radical (unpaired) electrons. The highest BCUT2D eigenvalue weighted by Gasteiger charge is 2.37. The Labute approximate surface area is 178 Å². The molecule has 2 aromatic heterocycles. The number of carbonyl (C=O) groups excluding carboxylic acids is 1. The van der Waals surface area contributed by atoms with Crippen molar-refractivity contribution in [1.29, 1.82) is 0 Å². The number of likely N-dealkylation sites (N-methyl/N-ethyl adjacent to an activating group) is 1. The first-order valence-electron chi connectivity index (χ1n) is 10.3. The summed E-state index contributed by atoms with van der Waals surface area (Å²) < 4.78 is 39.5. The number of anilines is 3. The Bertz CT molecular complexity index is 982. The highest BCUT2D eigenvalue weighted by Crippen LogP contribution is 2.36. The van der Waals surface area contributed by atoms with E-state index in [0.29, 0.717) is 29.7 Å². The Morgan fingerprint density at radius 3 is 2.61 bits per heavy atom. The average Bonchev–Trinajstić information content (AvgIpc) is 3.10. The van der Waals surface area contributed by atoms with Gasteiger partial charge in [0, 0.05) is 25.8 Å². The summed E-state index contributed by atoms with van der Waals surface area (Å²) in [6.45, 7) is 6.31. The third-order valence-corrected chi connectivity index (χ3v) is 5.93. The second-order valence-electron chi connectivity index (χ2n) is 8.75. The van der Waals surface area contributed by atoms with Crippen molar-refractivity contribution in [3.8, 4) is 0 Å². The van der Waals surface area contributed by atoms with E-state index in [0.717, 1.165) is 19.0 Å². The molecule has 8 nitrogen and oxygen atoms in total. The Hall–Kier alpha value is -2.85. The van der Waals surface area contributed by atoms with E-state index >= 15 is 0 Å². The number of aryl methyl sites for hydroxylation is 1. The van der Waals surface area contributed by atoms with E-state index in [1.165, 1.54) is 10.9 Å². The zero-order valence-corrected chi connectivity index (χ0v) is 17.9. The average molecular weight is 437 g/mol. The summed E-state index contributed by atoms with van der Waals surface area (Å²) in [7, 11) is 1.86. The number of aromatic nitrogens is 4. The number of nitrogens with one attached hydrogen (secondary N) is 2. The van der Waals surface area contributed by atoms with Crippen molar-refractivity contribution in [2.24, 2.45) is 11.8 Å². The zero-order chi connectivity index (χ0) is 22.5. The van der Waals surface area contributed by atoms with E-state index in [1.54, 1.807) is 0 Å². The summed E-state index contributed by atoms with van der Waals surface area (Å²) in [6, 6.07) is -0.156. The molecule has 11 heteroatoms. The molecule has 1 atom stereocenters. The first kappa shape index (κ1) is 21.4. The third-order valence-electron chi connectivity index (χ3n) is 5.93.